The molecule has 0 amide bonds. The van der Waals surface area contributed by atoms with Crippen molar-refractivity contribution in [1.29, 1.82) is 0 Å². The molecule has 3 heterocycles. The highest BCUT2D eigenvalue weighted by Gasteiger charge is 2.20. The normalized spacial score (nSPS) is 11.3. The van der Waals surface area contributed by atoms with Crippen molar-refractivity contribution in [2.24, 2.45) is 0 Å². The fraction of sp³-hybridized carbons (Fsp3) is 0.304. The first-order chi connectivity index (χ1) is 14.0. The molecule has 0 saturated carbocycles. The zero-order valence-corrected chi connectivity index (χ0v) is 17.1. The van der Waals surface area contributed by atoms with E-state index in [9.17, 15) is 4.79 Å². The topological polar surface area (TPSA) is 69.9 Å². The Morgan fingerprint density at radius 1 is 1.31 bits per heavy atom. The maximum Gasteiger partial charge on any atom is 0.330 e. The van der Waals surface area contributed by atoms with Gasteiger partial charge in [-0.25, -0.2) is 14.5 Å². The first-order valence-electron chi connectivity index (χ1n) is 9.66. The number of ether oxygens (including phenoxy) is 1. The zero-order chi connectivity index (χ0) is 21.0. The third-order valence-corrected chi connectivity index (χ3v) is 4.57. The Morgan fingerprint density at radius 2 is 2.10 bits per heavy atom. The molecule has 6 nitrogen and oxygen atoms in total. The van der Waals surface area contributed by atoms with Gasteiger partial charge in [-0.3, -0.25) is 4.98 Å². The van der Waals surface area contributed by atoms with Crippen molar-refractivity contribution in [3.63, 3.8) is 0 Å². The van der Waals surface area contributed by atoms with Gasteiger partial charge in [-0.05, 0) is 31.9 Å². The minimum absolute atomic E-state index is 0.129. The van der Waals surface area contributed by atoms with Crippen LogP contribution in [0.15, 0.2) is 30.7 Å². The maximum absolute atomic E-state index is 12.0. The Labute approximate surface area is 170 Å². The molecule has 0 bridgehead atoms. The Bertz CT molecular complexity index is 1120. The molecule has 0 unspecified atom stereocenters. The molecule has 0 spiro atoms. The lowest BCUT2D eigenvalue weighted by Crippen LogP contribution is -2.05. The summed E-state index contributed by atoms with van der Waals surface area (Å²) in [5.74, 6) is 2.37. The van der Waals surface area contributed by atoms with Crippen LogP contribution in [-0.4, -0.2) is 32.3 Å². The SMILES string of the molecule is C#Cc1cncc(-c2c(C=CC(=O)OCC)c(C(C)C)nc3c2cnn3CC)c1. The van der Waals surface area contributed by atoms with E-state index in [-0.39, 0.29) is 5.92 Å². The van der Waals surface area contributed by atoms with Crippen LogP contribution in [-0.2, 0) is 16.1 Å². The second kappa shape index (κ2) is 8.70. The van der Waals surface area contributed by atoms with Crippen molar-refractivity contribution in [3.8, 4) is 23.5 Å². The second-order valence-electron chi connectivity index (χ2n) is 6.83. The predicted molar refractivity (Wildman–Crippen MR) is 114 cm³/mol. The van der Waals surface area contributed by atoms with Gasteiger partial charge >= 0.3 is 5.97 Å². The molecule has 0 aromatic carbocycles. The van der Waals surface area contributed by atoms with Gasteiger partial charge in [0.2, 0.25) is 0 Å². The molecule has 3 rings (SSSR count). The molecule has 0 aliphatic heterocycles. The van der Waals surface area contributed by atoms with Crippen LogP contribution in [0.25, 0.3) is 28.2 Å². The quantitative estimate of drug-likeness (QED) is 0.360. The fourth-order valence-electron chi connectivity index (χ4n) is 3.27. The van der Waals surface area contributed by atoms with Crippen molar-refractivity contribution in [2.75, 3.05) is 6.61 Å². The van der Waals surface area contributed by atoms with Gasteiger partial charge in [0.15, 0.2) is 5.65 Å². The minimum Gasteiger partial charge on any atom is -0.463 e. The van der Waals surface area contributed by atoms with Gasteiger partial charge < -0.3 is 4.74 Å². The summed E-state index contributed by atoms with van der Waals surface area (Å²) in [4.78, 5) is 21.2. The molecule has 3 aromatic heterocycles. The van der Waals surface area contributed by atoms with Crippen molar-refractivity contribution in [2.45, 2.75) is 40.2 Å². The van der Waals surface area contributed by atoms with Crippen LogP contribution in [0, 0.1) is 12.3 Å². The van der Waals surface area contributed by atoms with E-state index in [1.807, 2.05) is 17.7 Å². The summed E-state index contributed by atoms with van der Waals surface area (Å²) in [6, 6.07) is 1.91. The zero-order valence-electron chi connectivity index (χ0n) is 17.1. The minimum atomic E-state index is -0.395. The third-order valence-electron chi connectivity index (χ3n) is 4.57. The van der Waals surface area contributed by atoms with E-state index in [0.717, 1.165) is 33.4 Å². The van der Waals surface area contributed by atoms with Crippen LogP contribution in [0.1, 0.15) is 50.4 Å². The number of fused-ring (bicyclic) bond motifs is 1. The average Bonchev–Trinajstić information content (AvgIpc) is 3.14. The van der Waals surface area contributed by atoms with Gasteiger partial charge in [0.1, 0.15) is 0 Å². The number of carbonyl (C=O) groups is 1. The summed E-state index contributed by atoms with van der Waals surface area (Å²) in [6.07, 6.45) is 14.0. The predicted octanol–water partition coefficient (Wildman–Crippen LogP) is 4.19. The molecular weight excluding hydrogens is 364 g/mol. The highest BCUT2D eigenvalue weighted by Crippen LogP contribution is 2.36. The number of terminal acetylenes is 1. The van der Waals surface area contributed by atoms with Gasteiger partial charge in [-0.1, -0.05) is 19.8 Å². The standard InChI is InChI=1S/C23H24N4O2/c1-6-16-11-17(13-24-12-16)21-18(9-10-20(28)29-8-3)22(15(4)5)26-23-19(21)14-25-27(23)7-2/h1,9-15H,7-8H2,2-5H3. The molecule has 0 aliphatic carbocycles. The third kappa shape index (κ3) is 4.04. The van der Waals surface area contributed by atoms with Crippen LogP contribution in [0.5, 0.6) is 0 Å². The van der Waals surface area contributed by atoms with E-state index in [4.69, 9.17) is 16.1 Å². The number of hydrogen-bond acceptors (Lipinski definition) is 5. The molecule has 3 aromatic rings. The molecule has 0 saturated heterocycles. The van der Waals surface area contributed by atoms with E-state index >= 15 is 0 Å². The number of rotatable bonds is 6. The summed E-state index contributed by atoms with van der Waals surface area (Å²) in [5.41, 5.74) is 4.95. The molecule has 29 heavy (non-hydrogen) atoms. The lowest BCUT2D eigenvalue weighted by Gasteiger charge is -2.16. The number of hydrogen-bond donors (Lipinski definition) is 0. The monoisotopic (exact) mass is 388 g/mol. The molecule has 0 fully saturated rings. The Hall–Kier alpha value is -3.46. The molecule has 0 aliphatic rings. The molecule has 0 atom stereocenters. The molecule has 0 radical (unpaired) electrons. The number of pyridine rings is 2. The molecule has 6 heteroatoms. The van der Waals surface area contributed by atoms with E-state index in [0.29, 0.717) is 18.7 Å². The highest BCUT2D eigenvalue weighted by atomic mass is 16.5. The molecule has 0 N–H and O–H groups in total. The Kier molecular flexibility index (Phi) is 6.08. The summed E-state index contributed by atoms with van der Waals surface area (Å²) in [5, 5.41) is 5.37. The highest BCUT2D eigenvalue weighted by molar-refractivity contribution is 5.99. The van der Waals surface area contributed by atoms with Gasteiger partial charge in [0.05, 0.1) is 18.5 Å². The van der Waals surface area contributed by atoms with Crippen LogP contribution in [0.3, 0.4) is 0 Å². The largest absolute Gasteiger partial charge is 0.463 e. The van der Waals surface area contributed by atoms with E-state index in [1.54, 1.807) is 31.6 Å². The van der Waals surface area contributed by atoms with Gasteiger partial charge in [0.25, 0.3) is 0 Å². The summed E-state index contributed by atoms with van der Waals surface area (Å²) < 4.78 is 6.92. The van der Waals surface area contributed by atoms with Gasteiger partial charge in [-0.2, -0.15) is 5.10 Å². The van der Waals surface area contributed by atoms with Crippen molar-refractivity contribution < 1.29 is 9.53 Å². The first kappa shape index (κ1) is 20.3. The summed E-state index contributed by atoms with van der Waals surface area (Å²) >= 11 is 0. The average molecular weight is 388 g/mol. The lowest BCUT2D eigenvalue weighted by atomic mass is 9.92. The van der Waals surface area contributed by atoms with E-state index in [2.05, 4.69) is 29.9 Å². The van der Waals surface area contributed by atoms with E-state index in [1.165, 1.54) is 6.08 Å². The second-order valence-corrected chi connectivity index (χ2v) is 6.83. The Balaban J connectivity index is 2.37. The first-order valence-corrected chi connectivity index (χ1v) is 9.66. The number of aromatic nitrogens is 4. The van der Waals surface area contributed by atoms with Crippen molar-refractivity contribution >= 4 is 23.1 Å². The summed E-state index contributed by atoms with van der Waals surface area (Å²) in [7, 11) is 0. The van der Waals surface area contributed by atoms with Crippen LogP contribution in [0.4, 0.5) is 0 Å². The number of aryl methyl sites for hydroxylation is 1. The van der Waals surface area contributed by atoms with Crippen molar-refractivity contribution in [1.82, 2.24) is 19.7 Å². The fourth-order valence-corrected chi connectivity index (χ4v) is 3.27. The number of carbonyl (C=O) groups excluding carboxylic acids is 1. The van der Waals surface area contributed by atoms with Crippen LogP contribution in [0.2, 0.25) is 0 Å². The number of nitrogens with zero attached hydrogens (tertiary/aromatic N) is 4. The van der Waals surface area contributed by atoms with E-state index < -0.39 is 5.97 Å². The number of esters is 1. The maximum atomic E-state index is 12.0. The van der Waals surface area contributed by atoms with Gasteiger partial charge in [-0.15, -0.1) is 6.42 Å². The molecular formula is C23H24N4O2. The lowest BCUT2D eigenvalue weighted by molar-refractivity contribution is -0.137. The summed E-state index contributed by atoms with van der Waals surface area (Å²) in [6.45, 7) is 8.97. The molecule has 148 valence electrons. The van der Waals surface area contributed by atoms with Gasteiger partial charge in [0, 0.05) is 52.7 Å². The van der Waals surface area contributed by atoms with Crippen molar-refractivity contribution in [3.05, 3.63) is 47.6 Å². The smallest absolute Gasteiger partial charge is 0.330 e. The van der Waals surface area contributed by atoms with Crippen LogP contribution < -0.4 is 0 Å². The van der Waals surface area contributed by atoms with Crippen LogP contribution >= 0.6 is 0 Å². The Morgan fingerprint density at radius 3 is 2.76 bits per heavy atom.